The van der Waals surface area contributed by atoms with Crippen LogP contribution >= 0.6 is 0 Å². The molecule has 2 aromatic carbocycles. The maximum Gasteiger partial charge on any atom is 0.340 e. The topological polar surface area (TPSA) is 63.7 Å². The fourth-order valence-electron chi connectivity index (χ4n) is 4.46. The number of ether oxygens (including phenoxy) is 2. The van der Waals surface area contributed by atoms with Crippen LogP contribution in [-0.2, 0) is 4.74 Å². The fourth-order valence-corrected chi connectivity index (χ4v) is 4.46. The second-order valence-corrected chi connectivity index (χ2v) is 8.77. The van der Waals surface area contributed by atoms with E-state index >= 15 is 0 Å². The van der Waals surface area contributed by atoms with Gasteiger partial charge in [-0.05, 0) is 60.6 Å². The van der Waals surface area contributed by atoms with Gasteiger partial charge >= 0.3 is 5.97 Å². The van der Waals surface area contributed by atoms with Gasteiger partial charge in [-0.1, -0.05) is 18.2 Å². The van der Waals surface area contributed by atoms with Crippen LogP contribution < -0.4 is 15.0 Å². The molecule has 1 aromatic heterocycles. The summed E-state index contributed by atoms with van der Waals surface area (Å²) < 4.78 is 10.9. The average Bonchev–Trinajstić information content (AvgIpc) is 3.72. The quantitative estimate of drug-likeness (QED) is 0.487. The fraction of sp³-hybridized carbons (Fsp3) is 0.333. The number of pyridine rings is 1. The van der Waals surface area contributed by atoms with Crippen molar-refractivity contribution < 1.29 is 14.3 Å². The highest BCUT2D eigenvalue weighted by atomic mass is 16.5. The molecule has 1 fully saturated rings. The summed E-state index contributed by atoms with van der Waals surface area (Å²) in [6.45, 7) is 1.35. The number of anilines is 3. The third kappa shape index (κ3) is 4.51. The molecule has 0 spiro atoms. The Morgan fingerprint density at radius 3 is 2.67 bits per heavy atom. The van der Waals surface area contributed by atoms with E-state index in [-0.39, 0.29) is 11.9 Å². The largest absolute Gasteiger partial charge is 0.493 e. The van der Waals surface area contributed by atoms with E-state index in [1.807, 2.05) is 0 Å². The van der Waals surface area contributed by atoms with Crippen LogP contribution in [0, 0.1) is 0 Å². The Hall–Kier alpha value is -3.54. The summed E-state index contributed by atoms with van der Waals surface area (Å²) in [6, 6.07) is 17.0. The number of esters is 1. The summed E-state index contributed by atoms with van der Waals surface area (Å²) in [5.74, 6) is 1.59. The van der Waals surface area contributed by atoms with Crippen molar-refractivity contribution in [3.63, 3.8) is 0 Å². The highest BCUT2D eigenvalue weighted by molar-refractivity contribution is 5.95. The number of hydrogen-bond acceptors (Lipinski definition) is 6. The molecule has 0 saturated heterocycles. The number of hydrogen-bond donors (Lipinski definition) is 1. The van der Waals surface area contributed by atoms with Crippen LogP contribution in [0.3, 0.4) is 0 Å². The van der Waals surface area contributed by atoms with Gasteiger partial charge < -0.3 is 19.7 Å². The zero-order valence-electron chi connectivity index (χ0n) is 19.1. The van der Waals surface area contributed by atoms with Crippen molar-refractivity contribution in [2.24, 2.45) is 0 Å². The first-order valence-electron chi connectivity index (χ1n) is 11.5. The standard InChI is InChI=1S/C27H29N3O3/c1-30(21-7-5-19(6-8-21)18-3-4-18)22-9-10-23-20(12-14-33-26(23)15-22)16-29-25-17-28-13-11-24(25)27(31)32-2/h5-11,13,15,17-18,20,29H,3-4,12,14,16H2,1-2H3/t20-/m0/s1. The Balaban J connectivity index is 1.31. The number of aromatic nitrogens is 1. The Morgan fingerprint density at radius 2 is 1.91 bits per heavy atom. The second-order valence-electron chi connectivity index (χ2n) is 8.77. The van der Waals surface area contributed by atoms with Crippen molar-refractivity contribution in [2.75, 3.05) is 37.5 Å². The van der Waals surface area contributed by atoms with E-state index in [4.69, 9.17) is 9.47 Å². The molecule has 1 aliphatic heterocycles. The van der Waals surface area contributed by atoms with Gasteiger partial charge in [-0.2, -0.15) is 0 Å². The summed E-state index contributed by atoms with van der Waals surface area (Å²) >= 11 is 0. The summed E-state index contributed by atoms with van der Waals surface area (Å²) in [6.07, 6.45) is 6.81. The molecule has 3 aromatic rings. The van der Waals surface area contributed by atoms with E-state index in [9.17, 15) is 4.79 Å². The van der Waals surface area contributed by atoms with Crippen molar-refractivity contribution in [2.45, 2.75) is 31.1 Å². The molecular formula is C27H29N3O3. The van der Waals surface area contributed by atoms with Gasteiger partial charge in [-0.25, -0.2) is 4.79 Å². The van der Waals surface area contributed by atoms with Crippen LogP contribution in [0.1, 0.15) is 52.6 Å². The van der Waals surface area contributed by atoms with Crippen molar-refractivity contribution >= 4 is 23.0 Å². The highest BCUT2D eigenvalue weighted by Crippen LogP contribution is 2.41. The molecule has 1 atom stereocenters. The summed E-state index contributed by atoms with van der Waals surface area (Å²) in [4.78, 5) is 18.4. The van der Waals surface area contributed by atoms with Crippen molar-refractivity contribution in [3.8, 4) is 5.75 Å². The van der Waals surface area contributed by atoms with Gasteiger partial charge in [0.15, 0.2) is 0 Å². The lowest BCUT2D eigenvalue weighted by Crippen LogP contribution is -2.22. The number of benzene rings is 2. The Kier molecular flexibility index (Phi) is 5.90. The minimum atomic E-state index is -0.370. The number of fused-ring (bicyclic) bond motifs is 1. The molecule has 1 saturated carbocycles. The molecule has 170 valence electrons. The lowest BCUT2D eigenvalue weighted by Gasteiger charge is -2.28. The first kappa shape index (κ1) is 21.3. The summed E-state index contributed by atoms with van der Waals surface area (Å²) in [5.41, 5.74) is 6.06. The number of carbonyl (C=O) groups is 1. The zero-order chi connectivity index (χ0) is 22.8. The SMILES string of the molecule is COC(=O)c1ccncc1NC[C@@H]1CCOc2cc(N(C)c3ccc(C4CC4)cc3)ccc21. The smallest absolute Gasteiger partial charge is 0.340 e. The lowest BCUT2D eigenvalue weighted by molar-refractivity contribution is 0.0601. The molecule has 1 N–H and O–H groups in total. The molecule has 1 aliphatic carbocycles. The van der Waals surface area contributed by atoms with Gasteiger partial charge in [-0.15, -0.1) is 0 Å². The normalized spacial score (nSPS) is 17.0. The molecule has 0 bridgehead atoms. The van der Waals surface area contributed by atoms with Gasteiger partial charge in [-0.3, -0.25) is 4.98 Å². The van der Waals surface area contributed by atoms with E-state index in [1.54, 1.807) is 18.5 Å². The van der Waals surface area contributed by atoms with Gasteiger partial charge in [0.2, 0.25) is 0 Å². The zero-order valence-corrected chi connectivity index (χ0v) is 19.1. The predicted molar refractivity (Wildman–Crippen MR) is 130 cm³/mol. The first-order valence-corrected chi connectivity index (χ1v) is 11.5. The molecule has 6 heteroatoms. The minimum Gasteiger partial charge on any atom is -0.493 e. The van der Waals surface area contributed by atoms with Crippen LogP contribution in [0.4, 0.5) is 17.1 Å². The lowest BCUT2D eigenvalue weighted by atomic mass is 9.92. The number of carbonyl (C=O) groups excluding carboxylic acids is 1. The van der Waals surface area contributed by atoms with Crippen molar-refractivity contribution in [1.29, 1.82) is 0 Å². The molecule has 6 nitrogen and oxygen atoms in total. The van der Waals surface area contributed by atoms with E-state index in [1.165, 1.54) is 36.8 Å². The monoisotopic (exact) mass is 443 g/mol. The number of rotatable bonds is 7. The van der Waals surface area contributed by atoms with Gasteiger partial charge in [0.05, 0.1) is 31.2 Å². The average molecular weight is 444 g/mol. The van der Waals surface area contributed by atoms with Crippen LogP contribution in [0.25, 0.3) is 0 Å². The Labute approximate surface area is 194 Å². The van der Waals surface area contributed by atoms with Gasteiger partial charge in [0.1, 0.15) is 5.75 Å². The highest BCUT2D eigenvalue weighted by Gasteiger charge is 2.24. The van der Waals surface area contributed by atoms with E-state index in [0.29, 0.717) is 24.4 Å². The number of nitrogens with one attached hydrogen (secondary N) is 1. The minimum absolute atomic E-state index is 0.275. The summed E-state index contributed by atoms with van der Waals surface area (Å²) in [7, 11) is 3.48. The third-order valence-corrected chi connectivity index (χ3v) is 6.64. The van der Waals surface area contributed by atoms with E-state index in [0.717, 1.165) is 23.8 Å². The van der Waals surface area contributed by atoms with Crippen molar-refractivity contribution in [3.05, 3.63) is 77.6 Å². The number of nitrogens with zero attached hydrogens (tertiary/aromatic N) is 2. The molecule has 5 rings (SSSR count). The van der Waals surface area contributed by atoms with E-state index < -0.39 is 0 Å². The van der Waals surface area contributed by atoms with E-state index in [2.05, 4.69) is 64.7 Å². The van der Waals surface area contributed by atoms with Crippen LogP contribution in [0.2, 0.25) is 0 Å². The van der Waals surface area contributed by atoms with Crippen LogP contribution in [0.5, 0.6) is 5.75 Å². The molecule has 0 amide bonds. The second kappa shape index (κ2) is 9.14. The molecule has 0 unspecified atom stereocenters. The molecule has 0 radical (unpaired) electrons. The number of methoxy groups -OCH3 is 1. The van der Waals surface area contributed by atoms with Gasteiger partial charge in [0.25, 0.3) is 0 Å². The predicted octanol–water partition coefficient (Wildman–Crippen LogP) is 5.49. The molecule has 2 heterocycles. The molecule has 2 aliphatic rings. The van der Waals surface area contributed by atoms with Gasteiger partial charge in [0, 0.05) is 43.1 Å². The Morgan fingerprint density at radius 1 is 1.12 bits per heavy atom. The molecule has 33 heavy (non-hydrogen) atoms. The molecular weight excluding hydrogens is 414 g/mol. The van der Waals surface area contributed by atoms with Crippen LogP contribution in [0.15, 0.2) is 60.9 Å². The maximum atomic E-state index is 12.0. The maximum absolute atomic E-state index is 12.0. The summed E-state index contributed by atoms with van der Waals surface area (Å²) in [5, 5.41) is 3.39. The Bertz CT molecular complexity index is 1140. The van der Waals surface area contributed by atoms with Crippen LogP contribution in [-0.4, -0.2) is 38.3 Å². The first-order chi connectivity index (χ1) is 16.1. The van der Waals surface area contributed by atoms with Crippen molar-refractivity contribution in [1.82, 2.24) is 4.98 Å². The third-order valence-electron chi connectivity index (χ3n) is 6.64.